The van der Waals surface area contributed by atoms with Gasteiger partial charge in [-0.2, -0.15) is 0 Å². The summed E-state index contributed by atoms with van der Waals surface area (Å²) < 4.78 is 18.9. The quantitative estimate of drug-likeness (QED) is 0.812. The monoisotopic (exact) mass is 348 g/mol. The number of ether oxygens (including phenoxy) is 1. The van der Waals surface area contributed by atoms with E-state index in [1.165, 1.54) is 25.1 Å². The van der Waals surface area contributed by atoms with Crippen LogP contribution in [0, 0.1) is 11.7 Å². The maximum Gasteiger partial charge on any atom is 0.237 e. The van der Waals surface area contributed by atoms with Crippen molar-refractivity contribution in [2.24, 2.45) is 5.92 Å². The van der Waals surface area contributed by atoms with Crippen LogP contribution < -0.4 is 4.90 Å². The van der Waals surface area contributed by atoms with Crippen molar-refractivity contribution in [2.75, 3.05) is 57.4 Å². The van der Waals surface area contributed by atoms with Gasteiger partial charge < -0.3 is 14.5 Å². The summed E-state index contributed by atoms with van der Waals surface area (Å²) in [6.07, 6.45) is 5.35. The van der Waals surface area contributed by atoms with E-state index in [1.807, 2.05) is 4.90 Å². The fraction of sp³-hybridized carbons (Fsp3) is 0.667. The minimum Gasteiger partial charge on any atom is -0.377 e. The van der Waals surface area contributed by atoms with Crippen molar-refractivity contribution >= 4 is 11.6 Å². The molecular weight excluding hydrogens is 323 g/mol. The van der Waals surface area contributed by atoms with Crippen molar-refractivity contribution in [3.05, 3.63) is 24.3 Å². The minimum absolute atomic E-state index is 0.223. The molecule has 6 nitrogen and oxygen atoms in total. The third-order valence-electron chi connectivity index (χ3n) is 5.44. The molecule has 2 aliphatic heterocycles. The molecular formula is C18H25FN4O2. The molecule has 0 radical (unpaired) electrons. The zero-order valence-electron chi connectivity index (χ0n) is 14.4. The second kappa shape index (κ2) is 7.25. The van der Waals surface area contributed by atoms with Crippen molar-refractivity contribution < 1.29 is 13.9 Å². The molecule has 136 valence electrons. The number of halogens is 1. The van der Waals surface area contributed by atoms with Gasteiger partial charge in [0.05, 0.1) is 43.9 Å². The minimum atomic E-state index is -0.312. The fourth-order valence-corrected chi connectivity index (χ4v) is 3.82. The SMILES string of the molecule is O=C(CN1CCN(c2cncc(F)c2)CC1)N1CCOCC1C1CC1. The van der Waals surface area contributed by atoms with Gasteiger partial charge in [-0.05, 0) is 18.8 Å². The van der Waals surface area contributed by atoms with Crippen molar-refractivity contribution in [2.45, 2.75) is 18.9 Å². The molecule has 3 aliphatic rings. The van der Waals surface area contributed by atoms with Gasteiger partial charge in [0, 0.05) is 38.8 Å². The number of rotatable bonds is 4. The fourth-order valence-electron chi connectivity index (χ4n) is 3.82. The predicted octanol–water partition coefficient (Wildman–Crippen LogP) is 0.980. The number of amides is 1. The molecule has 1 aromatic heterocycles. The van der Waals surface area contributed by atoms with Crippen molar-refractivity contribution in [1.29, 1.82) is 0 Å². The largest absolute Gasteiger partial charge is 0.377 e. The Morgan fingerprint density at radius 3 is 2.72 bits per heavy atom. The summed E-state index contributed by atoms with van der Waals surface area (Å²) in [6.45, 7) is 5.71. The molecule has 1 aromatic rings. The Balaban J connectivity index is 1.30. The molecule has 0 bridgehead atoms. The van der Waals surface area contributed by atoms with Crippen LogP contribution >= 0.6 is 0 Å². The first-order valence-corrected chi connectivity index (χ1v) is 9.16. The van der Waals surface area contributed by atoms with E-state index in [-0.39, 0.29) is 17.8 Å². The molecule has 1 aliphatic carbocycles. The second-order valence-corrected chi connectivity index (χ2v) is 7.19. The number of morpholine rings is 1. The number of carbonyl (C=O) groups excluding carboxylic acids is 1. The van der Waals surface area contributed by atoms with Crippen LogP contribution in [0.4, 0.5) is 10.1 Å². The van der Waals surface area contributed by atoms with E-state index >= 15 is 0 Å². The number of pyridine rings is 1. The first kappa shape index (κ1) is 16.7. The van der Waals surface area contributed by atoms with Gasteiger partial charge in [-0.15, -0.1) is 0 Å². The highest BCUT2D eigenvalue weighted by Crippen LogP contribution is 2.36. The zero-order valence-corrected chi connectivity index (χ0v) is 14.4. The van der Waals surface area contributed by atoms with Crippen LogP contribution in [0.25, 0.3) is 0 Å². The van der Waals surface area contributed by atoms with E-state index in [1.54, 1.807) is 6.20 Å². The lowest BCUT2D eigenvalue weighted by Crippen LogP contribution is -2.55. The number of hydrogen-bond acceptors (Lipinski definition) is 5. The summed E-state index contributed by atoms with van der Waals surface area (Å²) in [7, 11) is 0. The Morgan fingerprint density at radius 2 is 2.00 bits per heavy atom. The third kappa shape index (κ3) is 3.93. The Hall–Kier alpha value is -1.73. The molecule has 4 rings (SSSR count). The van der Waals surface area contributed by atoms with Gasteiger partial charge in [0.15, 0.2) is 0 Å². The maximum atomic E-state index is 13.3. The lowest BCUT2D eigenvalue weighted by molar-refractivity contribution is -0.142. The Morgan fingerprint density at radius 1 is 1.20 bits per heavy atom. The van der Waals surface area contributed by atoms with Crippen LogP contribution in [0.1, 0.15) is 12.8 Å². The van der Waals surface area contributed by atoms with E-state index in [0.29, 0.717) is 25.7 Å². The number of piperazine rings is 1. The van der Waals surface area contributed by atoms with Crippen molar-refractivity contribution in [3.8, 4) is 0 Å². The summed E-state index contributed by atoms with van der Waals surface area (Å²) in [4.78, 5) is 23.0. The molecule has 0 N–H and O–H groups in total. The molecule has 1 unspecified atom stereocenters. The van der Waals surface area contributed by atoms with Gasteiger partial charge in [0.25, 0.3) is 0 Å². The smallest absolute Gasteiger partial charge is 0.237 e. The maximum absolute atomic E-state index is 13.3. The predicted molar refractivity (Wildman–Crippen MR) is 91.9 cm³/mol. The zero-order chi connectivity index (χ0) is 17.2. The number of nitrogens with zero attached hydrogens (tertiary/aromatic N) is 4. The number of anilines is 1. The van der Waals surface area contributed by atoms with E-state index in [4.69, 9.17) is 4.74 Å². The normalized spacial score (nSPS) is 25.2. The first-order valence-electron chi connectivity index (χ1n) is 9.16. The van der Waals surface area contributed by atoms with E-state index in [0.717, 1.165) is 38.4 Å². The molecule has 1 atom stereocenters. The second-order valence-electron chi connectivity index (χ2n) is 7.19. The van der Waals surface area contributed by atoms with E-state index < -0.39 is 0 Å². The number of hydrogen-bond donors (Lipinski definition) is 0. The molecule has 1 saturated carbocycles. The van der Waals surface area contributed by atoms with Gasteiger partial charge in [0.2, 0.25) is 5.91 Å². The van der Waals surface area contributed by atoms with Crippen LogP contribution in [-0.4, -0.2) is 79.2 Å². The molecule has 25 heavy (non-hydrogen) atoms. The molecule has 3 heterocycles. The van der Waals surface area contributed by atoms with Crippen LogP contribution in [0.2, 0.25) is 0 Å². The van der Waals surface area contributed by atoms with Crippen LogP contribution in [0.5, 0.6) is 0 Å². The number of carbonyl (C=O) groups is 1. The lowest BCUT2D eigenvalue weighted by Gasteiger charge is -2.39. The van der Waals surface area contributed by atoms with Gasteiger partial charge in [-0.3, -0.25) is 14.7 Å². The van der Waals surface area contributed by atoms with Gasteiger partial charge in [-0.25, -0.2) is 4.39 Å². The molecule has 0 spiro atoms. The third-order valence-corrected chi connectivity index (χ3v) is 5.44. The lowest BCUT2D eigenvalue weighted by atomic mass is 10.1. The standard InChI is InChI=1S/C18H25FN4O2/c19-15-9-16(11-20-10-15)22-5-3-21(4-6-22)12-18(24)23-7-8-25-13-17(23)14-1-2-14/h9-11,14,17H,1-8,12-13H2. The first-order chi connectivity index (χ1) is 12.2. The highest BCUT2D eigenvalue weighted by Gasteiger charge is 2.39. The number of aromatic nitrogens is 1. The summed E-state index contributed by atoms with van der Waals surface area (Å²) >= 11 is 0. The summed E-state index contributed by atoms with van der Waals surface area (Å²) in [6, 6.07) is 1.79. The van der Waals surface area contributed by atoms with Crippen LogP contribution in [0.3, 0.4) is 0 Å². The average molecular weight is 348 g/mol. The van der Waals surface area contributed by atoms with Crippen LogP contribution in [0.15, 0.2) is 18.5 Å². The molecule has 3 fully saturated rings. The highest BCUT2D eigenvalue weighted by molar-refractivity contribution is 5.79. The average Bonchev–Trinajstić information content (AvgIpc) is 3.47. The van der Waals surface area contributed by atoms with Crippen molar-refractivity contribution in [1.82, 2.24) is 14.8 Å². The van der Waals surface area contributed by atoms with Crippen molar-refractivity contribution in [3.63, 3.8) is 0 Å². The Labute approximate surface area is 147 Å². The molecule has 1 amide bonds. The van der Waals surface area contributed by atoms with Crippen LogP contribution in [-0.2, 0) is 9.53 Å². The van der Waals surface area contributed by atoms with E-state index in [9.17, 15) is 9.18 Å². The van der Waals surface area contributed by atoms with Gasteiger partial charge in [-0.1, -0.05) is 0 Å². The van der Waals surface area contributed by atoms with Gasteiger partial charge >= 0.3 is 0 Å². The van der Waals surface area contributed by atoms with E-state index in [2.05, 4.69) is 14.8 Å². The highest BCUT2D eigenvalue weighted by atomic mass is 19.1. The Kier molecular flexibility index (Phi) is 4.85. The molecule has 7 heteroatoms. The summed E-state index contributed by atoms with van der Waals surface area (Å²) in [5, 5.41) is 0. The van der Waals surface area contributed by atoms with Gasteiger partial charge in [0.1, 0.15) is 5.82 Å². The topological polar surface area (TPSA) is 48.9 Å². The molecule has 2 saturated heterocycles. The Bertz CT molecular complexity index is 617. The molecule has 0 aromatic carbocycles. The summed E-state index contributed by atoms with van der Waals surface area (Å²) in [5.41, 5.74) is 0.813. The summed E-state index contributed by atoms with van der Waals surface area (Å²) in [5.74, 6) is 0.552.